The molecule has 1 atom stereocenters. The van der Waals surface area contributed by atoms with E-state index in [2.05, 4.69) is 15.9 Å². The summed E-state index contributed by atoms with van der Waals surface area (Å²) in [5.74, 6) is -1.80. The zero-order valence-electron chi connectivity index (χ0n) is 11.6. The Morgan fingerprint density at radius 2 is 1.76 bits per heavy atom. The lowest BCUT2D eigenvalue weighted by molar-refractivity contribution is -0.141. The third-order valence-electron chi connectivity index (χ3n) is 3.36. The molecule has 2 aromatic rings. The van der Waals surface area contributed by atoms with Crippen molar-refractivity contribution in [1.82, 2.24) is 0 Å². The van der Waals surface area contributed by atoms with Gasteiger partial charge in [-0.3, -0.25) is 4.79 Å². The summed E-state index contributed by atoms with van der Waals surface area (Å²) in [6.45, 7) is 1.99. The minimum absolute atomic E-state index is 0.305. The van der Waals surface area contributed by atoms with Crippen LogP contribution in [0.2, 0.25) is 0 Å². The highest BCUT2D eigenvalue weighted by molar-refractivity contribution is 9.10. The minimum Gasteiger partial charge on any atom is -0.481 e. The van der Waals surface area contributed by atoms with Gasteiger partial charge in [0.25, 0.3) is 0 Å². The van der Waals surface area contributed by atoms with Gasteiger partial charge in [-0.05, 0) is 49.1 Å². The smallest absolute Gasteiger partial charge is 0.307 e. The van der Waals surface area contributed by atoms with Gasteiger partial charge in [-0.25, -0.2) is 4.39 Å². The zero-order chi connectivity index (χ0) is 15.4. The maximum Gasteiger partial charge on any atom is 0.307 e. The molecule has 0 aliphatic rings. The fourth-order valence-corrected chi connectivity index (χ4v) is 2.78. The van der Waals surface area contributed by atoms with E-state index in [4.69, 9.17) is 0 Å². The Morgan fingerprint density at radius 1 is 1.14 bits per heavy atom. The van der Waals surface area contributed by atoms with Crippen LogP contribution in [0, 0.1) is 18.7 Å². The molecular weight excluding hydrogens is 335 g/mol. The van der Waals surface area contributed by atoms with E-state index in [-0.39, 0.29) is 5.82 Å². The SMILES string of the molecule is Cc1ccc(CC(Cc2cc(F)cc(Br)c2)C(=O)O)cc1. The van der Waals surface area contributed by atoms with Crippen LogP contribution in [0.1, 0.15) is 16.7 Å². The molecule has 2 nitrogen and oxygen atoms in total. The number of aryl methyl sites for hydroxylation is 1. The number of aliphatic carboxylic acids is 1. The van der Waals surface area contributed by atoms with Gasteiger partial charge in [0.2, 0.25) is 0 Å². The van der Waals surface area contributed by atoms with E-state index in [1.165, 1.54) is 12.1 Å². The first kappa shape index (κ1) is 15.7. The molecule has 0 saturated carbocycles. The van der Waals surface area contributed by atoms with Crippen LogP contribution in [0.25, 0.3) is 0 Å². The maximum absolute atomic E-state index is 13.4. The lowest BCUT2D eigenvalue weighted by Gasteiger charge is -2.13. The van der Waals surface area contributed by atoms with Gasteiger partial charge in [-0.15, -0.1) is 0 Å². The number of halogens is 2. The van der Waals surface area contributed by atoms with Crippen molar-refractivity contribution in [3.63, 3.8) is 0 Å². The molecule has 0 heterocycles. The Hall–Kier alpha value is -1.68. The number of rotatable bonds is 5. The fourth-order valence-electron chi connectivity index (χ4n) is 2.27. The third kappa shape index (κ3) is 4.67. The van der Waals surface area contributed by atoms with E-state index in [9.17, 15) is 14.3 Å². The molecule has 110 valence electrons. The Bertz CT molecular complexity index is 617. The highest BCUT2D eigenvalue weighted by atomic mass is 79.9. The van der Waals surface area contributed by atoms with Gasteiger partial charge in [0.15, 0.2) is 0 Å². The second-order valence-electron chi connectivity index (χ2n) is 5.21. The van der Waals surface area contributed by atoms with Crippen LogP contribution in [-0.2, 0) is 17.6 Å². The van der Waals surface area contributed by atoms with Crippen LogP contribution in [0.5, 0.6) is 0 Å². The van der Waals surface area contributed by atoms with Crippen molar-refractivity contribution in [1.29, 1.82) is 0 Å². The Labute approximate surface area is 131 Å². The van der Waals surface area contributed by atoms with Crippen LogP contribution >= 0.6 is 15.9 Å². The molecule has 1 N–H and O–H groups in total. The lowest BCUT2D eigenvalue weighted by atomic mass is 9.92. The average molecular weight is 351 g/mol. The molecule has 2 rings (SSSR count). The predicted octanol–water partition coefficient (Wildman–Crippen LogP) is 4.38. The molecule has 1 unspecified atom stereocenters. The van der Waals surface area contributed by atoms with Crippen molar-refractivity contribution in [2.45, 2.75) is 19.8 Å². The quantitative estimate of drug-likeness (QED) is 0.868. The Morgan fingerprint density at radius 3 is 2.33 bits per heavy atom. The van der Waals surface area contributed by atoms with Crippen LogP contribution in [0.4, 0.5) is 4.39 Å². The standard InChI is InChI=1S/C17H16BrFO2/c1-11-2-4-12(5-3-11)6-14(17(20)21)7-13-8-15(18)10-16(19)9-13/h2-5,8-10,14H,6-7H2,1H3,(H,20,21). The highest BCUT2D eigenvalue weighted by Crippen LogP contribution is 2.20. The maximum atomic E-state index is 13.4. The summed E-state index contributed by atoms with van der Waals surface area (Å²) in [4.78, 5) is 11.4. The predicted molar refractivity (Wildman–Crippen MR) is 83.8 cm³/mol. The zero-order valence-corrected chi connectivity index (χ0v) is 13.2. The van der Waals surface area contributed by atoms with E-state index in [1.807, 2.05) is 31.2 Å². The van der Waals surface area contributed by atoms with Crippen LogP contribution in [0.3, 0.4) is 0 Å². The average Bonchev–Trinajstić information content (AvgIpc) is 2.39. The Kier molecular flexibility index (Phi) is 5.12. The number of benzene rings is 2. The second-order valence-corrected chi connectivity index (χ2v) is 6.12. The van der Waals surface area contributed by atoms with E-state index in [0.29, 0.717) is 22.9 Å². The van der Waals surface area contributed by atoms with Crippen molar-refractivity contribution in [3.8, 4) is 0 Å². The lowest BCUT2D eigenvalue weighted by Crippen LogP contribution is -2.19. The van der Waals surface area contributed by atoms with Crippen LogP contribution in [0.15, 0.2) is 46.9 Å². The van der Waals surface area contributed by atoms with Crippen LogP contribution in [-0.4, -0.2) is 11.1 Å². The number of hydrogen-bond donors (Lipinski definition) is 1. The van der Waals surface area contributed by atoms with Crippen molar-refractivity contribution in [3.05, 3.63) is 69.4 Å². The van der Waals surface area contributed by atoms with E-state index < -0.39 is 11.9 Å². The molecule has 21 heavy (non-hydrogen) atoms. The molecule has 0 radical (unpaired) electrons. The van der Waals surface area contributed by atoms with Gasteiger partial charge < -0.3 is 5.11 Å². The first-order chi connectivity index (χ1) is 9.94. The molecule has 0 saturated heterocycles. The number of carboxylic acids is 1. The van der Waals surface area contributed by atoms with E-state index in [0.717, 1.165) is 11.1 Å². The molecule has 0 fully saturated rings. The molecule has 2 aromatic carbocycles. The molecule has 0 aromatic heterocycles. The molecular formula is C17H16BrFO2. The third-order valence-corrected chi connectivity index (χ3v) is 3.81. The van der Waals surface area contributed by atoms with Gasteiger partial charge in [-0.2, -0.15) is 0 Å². The topological polar surface area (TPSA) is 37.3 Å². The number of carbonyl (C=O) groups is 1. The van der Waals surface area contributed by atoms with Gasteiger partial charge in [0.1, 0.15) is 5.82 Å². The Balaban J connectivity index is 2.15. The summed E-state index contributed by atoms with van der Waals surface area (Å²) >= 11 is 3.23. The molecule has 0 amide bonds. The first-order valence-corrected chi connectivity index (χ1v) is 7.46. The number of carboxylic acid groups (broad SMARTS) is 1. The molecule has 4 heteroatoms. The van der Waals surface area contributed by atoms with Crippen molar-refractivity contribution in [2.24, 2.45) is 5.92 Å². The normalized spacial score (nSPS) is 12.1. The van der Waals surface area contributed by atoms with E-state index in [1.54, 1.807) is 6.07 Å². The molecule has 0 aliphatic carbocycles. The summed E-state index contributed by atoms with van der Waals surface area (Å²) in [5, 5.41) is 9.38. The van der Waals surface area contributed by atoms with Crippen molar-refractivity contribution < 1.29 is 14.3 Å². The minimum atomic E-state index is -0.865. The first-order valence-electron chi connectivity index (χ1n) is 6.67. The fraction of sp³-hybridized carbons (Fsp3) is 0.235. The van der Waals surface area contributed by atoms with Gasteiger partial charge in [-0.1, -0.05) is 45.8 Å². The monoisotopic (exact) mass is 350 g/mol. The molecule has 0 bridgehead atoms. The van der Waals surface area contributed by atoms with Crippen molar-refractivity contribution in [2.75, 3.05) is 0 Å². The molecule has 0 aliphatic heterocycles. The summed E-state index contributed by atoms with van der Waals surface area (Å²) in [6, 6.07) is 12.3. The number of hydrogen-bond acceptors (Lipinski definition) is 1. The van der Waals surface area contributed by atoms with Gasteiger partial charge in [0.05, 0.1) is 5.92 Å². The summed E-state index contributed by atoms with van der Waals surface area (Å²) in [7, 11) is 0. The molecule has 0 spiro atoms. The highest BCUT2D eigenvalue weighted by Gasteiger charge is 2.19. The van der Waals surface area contributed by atoms with E-state index >= 15 is 0 Å². The van der Waals surface area contributed by atoms with Gasteiger partial charge in [0, 0.05) is 4.47 Å². The largest absolute Gasteiger partial charge is 0.481 e. The summed E-state index contributed by atoms with van der Waals surface area (Å²) in [6.07, 6.45) is 0.739. The van der Waals surface area contributed by atoms with Gasteiger partial charge >= 0.3 is 5.97 Å². The van der Waals surface area contributed by atoms with Crippen LogP contribution < -0.4 is 0 Å². The second kappa shape index (κ2) is 6.85. The summed E-state index contributed by atoms with van der Waals surface area (Å²) in [5.41, 5.74) is 2.80. The van der Waals surface area contributed by atoms with Crippen molar-refractivity contribution >= 4 is 21.9 Å². The summed E-state index contributed by atoms with van der Waals surface area (Å²) < 4.78 is 14.0.